The molecule has 2 rings (SSSR count). The van der Waals surface area contributed by atoms with Crippen molar-refractivity contribution in [2.75, 3.05) is 7.11 Å². The van der Waals surface area contributed by atoms with E-state index < -0.39 is 27.7 Å². The number of sulfonamides is 1. The molecular formula is C23H28FNO5S. The average molecular weight is 450 g/mol. The third-order valence-corrected chi connectivity index (χ3v) is 6.09. The van der Waals surface area contributed by atoms with Crippen molar-refractivity contribution in [2.24, 2.45) is 0 Å². The molecule has 0 saturated heterocycles. The Morgan fingerprint density at radius 1 is 1.03 bits per heavy atom. The summed E-state index contributed by atoms with van der Waals surface area (Å²) in [6.07, 6.45) is -0.178. The first-order chi connectivity index (χ1) is 14.4. The Morgan fingerprint density at radius 3 is 2.13 bits per heavy atom. The van der Waals surface area contributed by atoms with Crippen molar-refractivity contribution in [1.82, 2.24) is 4.72 Å². The van der Waals surface area contributed by atoms with Gasteiger partial charge >= 0.3 is 5.97 Å². The molecule has 0 bridgehead atoms. The maximum Gasteiger partial charge on any atom is 0.337 e. The fourth-order valence-electron chi connectivity index (χ4n) is 3.45. The molecule has 168 valence electrons. The molecule has 2 aromatic rings. The zero-order valence-corrected chi connectivity index (χ0v) is 19.2. The lowest BCUT2D eigenvalue weighted by atomic mass is 9.87. The number of carbonyl (C=O) groups is 2. The van der Waals surface area contributed by atoms with Crippen LogP contribution in [0.1, 0.15) is 72.1 Å². The Labute approximate surface area is 182 Å². The summed E-state index contributed by atoms with van der Waals surface area (Å²) in [5.74, 6) is -2.19. The molecule has 0 heterocycles. The lowest BCUT2D eigenvalue weighted by Gasteiger charge is -2.20. The third-order valence-electron chi connectivity index (χ3n) is 4.84. The second-order valence-electron chi connectivity index (χ2n) is 8.03. The molecule has 0 aromatic heterocycles. The average Bonchev–Trinajstić information content (AvgIpc) is 2.67. The van der Waals surface area contributed by atoms with Crippen molar-refractivity contribution < 1.29 is 27.1 Å². The lowest BCUT2D eigenvalue weighted by molar-refractivity contribution is -0.118. The second-order valence-corrected chi connectivity index (χ2v) is 9.75. The summed E-state index contributed by atoms with van der Waals surface area (Å²) in [6.45, 7) is 7.58. The van der Waals surface area contributed by atoms with Gasteiger partial charge in [-0.1, -0.05) is 39.8 Å². The van der Waals surface area contributed by atoms with Crippen molar-refractivity contribution in [3.63, 3.8) is 0 Å². The Morgan fingerprint density at radius 2 is 1.61 bits per heavy atom. The SMILES string of the molecule is COC(=O)c1cccc(CS(=O)(=O)NC(=O)Cc2c(C(C)C)cc(F)cc2C(C)C)c1. The van der Waals surface area contributed by atoms with Crippen molar-refractivity contribution in [3.8, 4) is 0 Å². The molecule has 0 aliphatic carbocycles. The van der Waals surface area contributed by atoms with E-state index in [9.17, 15) is 22.4 Å². The minimum absolute atomic E-state index is 0.0336. The highest BCUT2D eigenvalue weighted by Gasteiger charge is 2.22. The summed E-state index contributed by atoms with van der Waals surface area (Å²) >= 11 is 0. The van der Waals surface area contributed by atoms with E-state index in [1.807, 2.05) is 27.7 Å². The number of methoxy groups -OCH3 is 1. The monoisotopic (exact) mass is 449 g/mol. The number of carbonyl (C=O) groups excluding carboxylic acids is 2. The van der Waals surface area contributed by atoms with Crippen LogP contribution in [-0.4, -0.2) is 27.4 Å². The van der Waals surface area contributed by atoms with Crippen LogP contribution in [0.5, 0.6) is 0 Å². The number of amides is 1. The molecule has 1 N–H and O–H groups in total. The fraction of sp³-hybridized carbons (Fsp3) is 0.391. The summed E-state index contributed by atoms with van der Waals surface area (Å²) in [6, 6.07) is 8.79. The zero-order valence-electron chi connectivity index (χ0n) is 18.4. The van der Waals surface area contributed by atoms with Crippen LogP contribution in [0, 0.1) is 5.82 Å². The van der Waals surface area contributed by atoms with Crippen LogP contribution in [0.15, 0.2) is 36.4 Å². The summed E-state index contributed by atoms with van der Waals surface area (Å²) in [5, 5.41) is 0. The van der Waals surface area contributed by atoms with E-state index in [0.717, 1.165) is 0 Å². The number of rotatable bonds is 8. The van der Waals surface area contributed by atoms with Crippen LogP contribution in [0.25, 0.3) is 0 Å². The van der Waals surface area contributed by atoms with E-state index in [-0.39, 0.29) is 29.6 Å². The Bertz CT molecular complexity index is 1050. The molecule has 6 nitrogen and oxygen atoms in total. The van der Waals surface area contributed by atoms with Crippen LogP contribution >= 0.6 is 0 Å². The van der Waals surface area contributed by atoms with Gasteiger partial charge in [-0.3, -0.25) is 9.52 Å². The van der Waals surface area contributed by atoms with Crippen molar-refractivity contribution in [2.45, 2.75) is 51.7 Å². The number of benzene rings is 2. The summed E-state index contributed by atoms with van der Waals surface area (Å²) in [7, 11) is -2.77. The topological polar surface area (TPSA) is 89.5 Å². The van der Waals surface area contributed by atoms with Gasteiger partial charge in [-0.15, -0.1) is 0 Å². The lowest BCUT2D eigenvalue weighted by Crippen LogP contribution is -2.33. The van der Waals surface area contributed by atoms with Gasteiger partial charge in [-0.05, 0) is 58.4 Å². The van der Waals surface area contributed by atoms with Crippen LogP contribution in [0.3, 0.4) is 0 Å². The van der Waals surface area contributed by atoms with Crippen LogP contribution < -0.4 is 4.72 Å². The summed E-state index contributed by atoms with van der Waals surface area (Å²) in [5.41, 5.74) is 2.57. The molecular weight excluding hydrogens is 421 g/mol. The maximum atomic E-state index is 14.1. The first-order valence-electron chi connectivity index (χ1n) is 9.96. The van der Waals surface area contributed by atoms with E-state index in [2.05, 4.69) is 9.46 Å². The molecule has 2 aromatic carbocycles. The number of hydrogen-bond donors (Lipinski definition) is 1. The summed E-state index contributed by atoms with van der Waals surface area (Å²) < 4.78 is 45.9. The Kier molecular flexibility index (Phi) is 7.95. The highest BCUT2D eigenvalue weighted by molar-refractivity contribution is 7.89. The molecule has 0 fully saturated rings. The first kappa shape index (κ1) is 24.5. The molecule has 8 heteroatoms. The first-order valence-corrected chi connectivity index (χ1v) is 11.6. The number of esters is 1. The third kappa shape index (κ3) is 6.62. The molecule has 31 heavy (non-hydrogen) atoms. The van der Waals surface area contributed by atoms with Gasteiger partial charge in [0, 0.05) is 0 Å². The molecule has 0 aliphatic heterocycles. The van der Waals surface area contributed by atoms with Gasteiger partial charge in [-0.25, -0.2) is 17.6 Å². The molecule has 0 unspecified atom stereocenters. The minimum atomic E-state index is -4.00. The van der Waals surface area contributed by atoms with Crippen LogP contribution in [0.2, 0.25) is 0 Å². The molecule has 1 amide bonds. The van der Waals surface area contributed by atoms with E-state index in [1.54, 1.807) is 12.1 Å². The van der Waals surface area contributed by atoms with Crippen LogP contribution in [0.4, 0.5) is 4.39 Å². The van der Waals surface area contributed by atoms with E-state index in [0.29, 0.717) is 22.3 Å². The van der Waals surface area contributed by atoms with Gasteiger partial charge in [0.05, 0.1) is 24.8 Å². The molecule has 0 spiro atoms. The molecule has 0 radical (unpaired) electrons. The smallest absolute Gasteiger partial charge is 0.337 e. The predicted octanol–water partition coefficient (Wildman–Crippen LogP) is 4.05. The van der Waals surface area contributed by atoms with E-state index in [1.165, 1.54) is 31.4 Å². The zero-order chi connectivity index (χ0) is 23.3. The van der Waals surface area contributed by atoms with Gasteiger partial charge in [0.1, 0.15) is 5.82 Å². The van der Waals surface area contributed by atoms with Crippen molar-refractivity contribution in [1.29, 1.82) is 0 Å². The molecule has 0 atom stereocenters. The van der Waals surface area contributed by atoms with Gasteiger partial charge < -0.3 is 4.74 Å². The minimum Gasteiger partial charge on any atom is -0.465 e. The van der Waals surface area contributed by atoms with Crippen molar-refractivity contribution >= 4 is 21.9 Å². The normalized spacial score (nSPS) is 11.6. The number of ether oxygens (including phenoxy) is 1. The number of halogens is 1. The number of nitrogens with one attached hydrogen (secondary N) is 1. The quantitative estimate of drug-likeness (QED) is 0.614. The standard InChI is InChI=1S/C23H28FNO5S/c1-14(2)19-10-18(24)11-20(15(3)4)21(19)12-22(26)25-31(28,29)13-16-7-6-8-17(9-16)23(27)30-5/h6-11,14-15H,12-13H2,1-5H3,(H,25,26). The number of hydrogen-bond acceptors (Lipinski definition) is 5. The van der Waals surface area contributed by atoms with Gasteiger partial charge in [-0.2, -0.15) is 0 Å². The Balaban J connectivity index is 2.23. The highest BCUT2D eigenvalue weighted by atomic mass is 32.2. The molecule has 0 saturated carbocycles. The van der Waals surface area contributed by atoms with Gasteiger partial charge in [0.25, 0.3) is 0 Å². The van der Waals surface area contributed by atoms with Crippen molar-refractivity contribution in [3.05, 3.63) is 70.0 Å². The largest absolute Gasteiger partial charge is 0.465 e. The second kappa shape index (κ2) is 10.0. The van der Waals surface area contributed by atoms with Gasteiger partial charge in [0.15, 0.2) is 0 Å². The van der Waals surface area contributed by atoms with E-state index in [4.69, 9.17) is 0 Å². The predicted molar refractivity (Wildman–Crippen MR) is 117 cm³/mol. The Hall–Kier alpha value is -2.74. The van der Waals surface area contributed by atoms with Crippen LogP contribution in [-0.2, 0) is 31.7 Å². The highest BCUT2D eigenvalue weighted by Crippen LogP contribution is 2.29. The maximum absolute atomic E-state index is 14.1. The molecule has 0 aliphatic rings. The van der Waals surface area contributed by atoms with E-state index >= 15 is 0 Å². The van der Waals surface area contributed by atoms with Gasteiger partial charge in [0.2, 0.25) is 15.9 Å². The summed E-state index contributed by atoms with van der Waals surface area (Å²) in [4.78, 5) is 24.3. The fourth-order valence-corrected chi connectivity index (χ4v) is 4.56.